The summed E-state index contributed by atoms with van der Waals surface area (Å²) in [6, 6.07) is 9.77. The maximum atomic E-state index is 12.3. The van der Waals surface area contributed by atoms with Crippen LogP contribution in [0.15, 0.2) is 36.5 Å². The Hall–Kier alpha value is -3.03. The van der Waals surface area contributed by atoms with Crippen molar-refractivity contribution in [2.45, 2.75) is 31.7 Å². The Labute approximate surface area is 156 Å². The molecule has 0 radical (unpaired) electrons. The highest BCUT2D eigenvalue weighted by atomic mass is 16.2. The average Bonchev–Trinajstić information content (AvgIpc) is 3.47. The Bertz CT molecular complexity index is 981. The fraction of sp³-hybridized carbons (Fsp3) is 0.421. The first kappa shape index (κ1) is 16.2. The zero-order valence-corrected chi connectivity index (χ0v) is 15.0. The fourth-order valence-electron chi connectivity index (χ4n) is 3.64. The first-order chi connectivity index (χ1) is 13.3. The number of piperidine rings is 1. The number of likely N-dealkylation sites (tertiary alicyclic amines) is 1. The summed E-state index contributed by atoms with van der Waals surface area (Å²) in [5, 5.41) is 11.8. The average molecular weight is 363 g/mol. The van der Waals surface area contributed by atoms with E-state index in [0.29, 0.717) is 17.7 Å². The van der Waals surface area contributed by atoms with Gasteiger partial charge in [0.1, 0.15) is 5.52 Å². The van der Waals surface area contributed by atoms with Crippen LogP contribution in [-0.2, 0) is 4.79 Å². The summed E-state index contributed by atoms with van der Waals surface area (Å²) in [6.07, 6.45) is 5.82. The van der Waals surface area contributed by atoms with E-state index in [9.17, 15) is 4.79 Å². The van der Waals surface area contributed by atoms with Crippen LogP contribution in [0.1, 0.15) is 25.7 Å². The minimum Gasteiger partial charge on any atom is -0.350 e. The predicted octanol–water partition coefficient (Wildman–Crippen LogP) is 2.02. The molecular weight excluding hydrogens is 342 g/mol. The van der Waals surface area contributed by atoms with Gasteiger partial charge in [0.15, 0.2) is 5.82 Å². The van der Waals surface area contributed by atoms with Gasteiger partial charge in [-0.1, -0.05) is 17.3 Å². The highest BCUT2D eigenvalue weighted by Crippen LogP contribution is 2.32. The lowest BCUT2D eigenvalue weighted by atomic mass is 10.1. The van der Waals surface area contributed by atoms with Gasteiger partial charge in [0.2, 0.25) is 11.9 Å². The molecule has 2 aromatic heterocycles. The zero-order chi connectivity index (χ0) is 18.2. The van der Waals surface area contributed by atoms with E-state index in [1.165, 1.54) is 0 Å². The molecule has 1 atom stereocenters. The molecule has 0 bridgehead atoms. The molecule has 27 heavy (non-hydrogen) atoms. The van der Waals surface area contributed by atoms with Crippen LogP contribution in [0.5, 0.6) is 0 Å². The summed E-state index contributed by atoms with van der Waals surface area (Å²) < 4.78 is 1.71. The molecule has 2 fully saturated rings. The number of carbonyl (C=O) groups is 1. The third-order valence-corrected chi connectivity index (χ3v) is 5.20. The Morgan fingerprint density at radius 1 is 1.15 bits per heavy atom. The fourth-order valence-corrected chi connectivity index (χ4v) is 3.64. The van der Waals surface area contributed by atoms with E-state index in [-0.39, 0.29) is 12.0 Å². The second kappa shape index (κ2) is 6.61. The maximum Gasteiger partial charge on any atom is 0.225 e. The highest BCUT2D eigenvalue weighted by Gasteiger charge is 2.35. The van der Waals surface area contributed by atoms with Gasteiger partial charge in [0.25, 0.3) is 0 Å². The number of aromatic nitrogens is 5. The van der Waals surface area contributed by atoms with Crippen molar-refractivity contribution in [3.63, 3.8) is 0 Å². The minimum atomic E-state index is 0.171. The van der Waals surface area contributed by atoms with Gasteiger partial charge in [-0.05, 0) is 37.8 Å². The summed E-state index contributed by atoms with van der Waals surface area (Å²) in [5.74, 6) is 1.80. The first-order valence-corrected chi connectivity index (χ1v) is 9.47. The number of carbonyl (C=O) groups excluding carboxylic acids is 1. The molecule has 138 valence electrons. The molecule has 0 unspecified atom stereocenters. The van der Waals surface area contributed by atoms with Crippen LogP contribution in [0.3, 0.4) is 0 Å². The number of nitrogens with one attached hydrogen (secondary N) is 1. The zero-order valence-electron chi connectivity index (χ0n) is 15.0. The second-order valence-corrected chi connectivity index (χ2v) is 7.27. The summed E-state index contributed by atoms with van der Waals surface area (Å²) in [6.45, 7) is 1.58. The summed E-state index contributed by atoms with van der Waals surface area (Å²) in [4.78, 5) is 23.3. The molecule has 1 amide bonds. The van der Waals surface area contributed by atoms with Crippen molar-refractivity contribution in [1.82, 2.24) is 29.9 Å². The van der Waals surface area contributed by atoms with Gasteiger partial charge in [0, 0.05) is 37.3 Å². The molecule has 1 aliphatic heterocycles. The van der Waals surface area contributed by atoms with E-state index in [1.54, 1.807) is 10.9 Å². The lowest BCUT2D eigenvalue weighted by Gasteiger charge is -2.33. The number of hydrogen-bond donors (Lipinski definition) is 1. The smallest absolute Gasteiger partial charge is 0.225 e. The number of rotatable bonds is 4. The molecule has 5 rings (SSSR count). The van der Waals surface area contributed by atoms with Crippen molar-refractivity contribution in [3.8, 4) is 5.82 Å². The normalized spacial score (nSPS) is 20.0. The van der Waals surface area contributed by atoms with E-state index in [0.717, 1.165) is 49.8 Å². The van der Waals surface area contributed by atoms with Crippen molar-refractivity contribution < 1.29 is 4.79 Å². The van der Waals surface area contributed by atoms with Crippen LogP contribution < -0.4 is 5.32 Å². The molecule has 1 saturated heterocycles. The van der Waals surface area contributed by atoms with Crippen LogP contribution in [0.2, 0.25) is 0 Å². The Balaban J connectivity index is 1.34. The molecule has 2 aliphatic rings. The van der Waals surface area contributed by atoms with Gasteiger partial charge in [-0.15, -0.1) is 5.10 Å². The topological polar surface area (TPSA) is 88.8 Å². The molecule has 3 heterocycles. The summed E-state index contributed by atoms with van der Waals surface area (Å²) >= 11 is 0. The van der Waals surface area contributed by atoms with E-state index in [2.05, 4.69) is 25.6 Å². The number of amides is 1. The molecule has 8 nitrogen and oxygen atoms in total. The molecule has 8 heteroatoms. The SMILES string of the molecule is O=C(C1CC1)N1CCC[C@@H](Nc2nccc(-n3nnc4ccccc43)n2)C1. The quantitative estimate of drug-likeness (QED) is 0.763. The van der Waals surface area contributed by atoms with Crippen molar-refractivity contribution >= 4 is 22.9 Å². The van der Waals surface area contributed by atoms with Crippen molar-refractivity contribution in [2.75, 3.05) is 18.4 Å². The van der Waals surface area contributed by atoms with Crippen molar-refractivity contribution in [3.05, 3.63) is 36.5 Å². The molecule has 0 spiro atoms. The van der Waals surface area contributed by atoms with Crippen LogP contribution in [-0.4, -0.2) is 54.9 Å². The Morgan fingerprint density at radius 2 is 2.04 bits per heavy atom. The number of anilines is 1. The van der Waals surface area contributed by atoms with Gasteiger partial charge in [-0.25, -0.2) is 4.98 Å². The van der Waals surface area contributed by atoms with Gasteiger partial charge in [-0.2, -0.15) is 9.67 Å². The van der Waals surface area contributed by atoms with Crippen LogP contribution in [0, 0.1) is 5.92 Å². The van der Waals surface area contributed by atoms with E-state index in [1.807, 2.05) is 35.2 Å². The van der Waals surface area contributed by atoms with Gasteiger partial charge in [0.05, 0.1) is 5.52 Å². The monoisotopic (exact) mass is 363 g/mol. The Kier molecular flexibility index (Phi) is 3.95. The van der Waals surface area contributed by atoms with E-state index >= 15 is 0 Å². The maximum absolute atomic E-state index is 12.3. The molecule has 3 aromatic rings. The van der Waals surface area contributed by atoms with E-state index < -0.39 is 0 Å². The highest BCUT2D eigenvalue weighted by molar-refractivity contribution is 5.81. The number of fused-ring (bicyclic) bond motifs is 1. The molecule has 1 saturated carbocycles. The molecule has 1 aromatic carbocycles. The predicted molar refractivity (Wildman–Crippen MR) is 100 cm³/mol. The number of benzene rings is 1. The van der Waals surface area contributed by atoms with Crippen LogP contribution in [0.4, 0.5) is 5.95 Å². The molecule has 1 N–H and O–H groups in total. The number of para-hydroxylation sites is 1. The van der Waals surface area contributed by atoms with Crippen molar-refractivity contribution in [1.29, 1.82) is 0 Å². The van der Waals surface area contributed by atoms with Gasteiger partial charge in [-0.3, -0.25) is 4.79 Å². The Morgan fingerprint density at radius 3 is 2.93 bits per heavy atom. The molecular formula is C19H21N7O. The van der Waals surface area contributed by atoms with Crippen LogP contribution in [0.25, 0.3) is 16.9 Å². The summed E-state index contributed by atoms with van der Waals surface area (Å²) in [5.41, 5.74) is 1.73. The van der Waals surface area contributed by atoms with Gasteiger partial charge < -0.3 is 10.2 Å². The third kappa shape index (κ3) is 3.22. The van der Waals surface area contributed by atoms with E-state index in [4.69, 9.17) is 0 Å². The summed E-state index contributed by atoms with van der Waals surface area (Å²) in [7, 11) is 0. The third-order valence-electron chi connectivity index (χ3n) is 5.20. The number of hydrogen-bond acceptors (Lipinski definition) is 6. The second-order valence-electron chi connectivity index (χ2n) is 7.27. The standard InChI is InChI=1S/C19H21N7O/c27-18(13-7-8-13)25-11-3-4-14(12-25)21-19-20-10-9-17(22-19)26-16-6-2-1-5-15(16)23-24-26/h1-2,5-6,9-10,13-14H,3-4,7-8,11-12H2,(H,20,21,22)/t14-/m1/s1. The first-order valence-electron chi connectivity index (χ1n) is 9.47. The number of nitrogens with zero attached hydrogens (tertiary/aromatic N) is 6. The largest absolute Gasteiger partial charge is 0.350 e. The van der Waals surface area contributed by atoms with Gasteiger partial charge >= 0.3 is 0 Å². The van der Waals surface area contributed by atoms with Crippen LogP contribution >= 0.6 is 0 Å². The minimum absolute atomic E-state index is 0.171. The lowest BCUT2D eigenvalue weighted by molar-refractivity contribution is -0.133. The lowest BCUT2D eigenvalue weighted by Crippen LogP contribution is -2.45. The van der Waals surface area contributed by atoms with Crippen molar-refractivity contribution in [2.24, 2.45) is 5.92 Å². The molecule has 1 aliphatic carbocycles.